The van der Waals surface area contributed by atoms with E-state index in [-0.39, 0.29) is 5.48 Å². The second kappa shape index (κ2) is 4.59. The van der Waals surface area contributed by atoms with Crippen LogP contribution in [0.15, 0.2) is 30.3 Å². The molecule has 1 N–H and O–H groups in total. The van der Waals surface area contributed by atoms with Crippen LogP contribution in [-0.2, 0) is 6.16 Å². The van der Waals surface area contributed by atoms with Crippen molar-refractivity contribution in [2.45, 2.75) is 6.16 Å². The second-order valence-electron chi connectivity index (χ2n) is 3.93. The molecule has 0 unspecified atom stereocenters. The van der Waals surface area contributed by atoms with Gasteiger partial charge in [0.1, 0.15) is 0 Å². The van der Waals surface area contributed by atoms with Gasteiger partial charge in [-0.05, 0) is 5.56 Å². The van der Waals surface area contributed by atoms with E-state index in [4.69, 9.17) is 0 Å². The van der Waals surface area contributed by atoms with E-state index in [1.165, 1.54) is 11.7 Å². The molecule has 0 aliphatic carbocycles. The van der Waals surface area contributed by atoms with Gasteiger partial charge < -0.3 is 5.48 Å². The first-order valence-electron chi connectivity index (χ1n) is 3.92. The summed E-state index contributed by atoms with van der Waals surface area (Å²) in [5.74, 6) is 0. The highest BCUT2D eigenvalue weighted by molar-refractivity contribution is 7.72. The summed E-state index contributed by atoms with van der Waals surface area (Å²) in [5, 5.41) is 0. The summed E-state index contributed by atoms with van der Waals surface area (Å²) >= 11 is 0. The standard InChI is InChI=1S/C10H16P.H2O/c1-11(2,3)9-10-7-5-4-6-8-10;/h4-8H,9H2,1-3H3;1H2/q+1;/p-1. The smallest absolute Gasteiger partial charge is 0.0834 e. The third-order valence-corrected chi connectivity index (χ3v) is 2.81. The second-order valence-corrected chi connectivity index (χ2v) is 8.83. The van der Waals surface area contributed by atoms with Crippen molar-refractivity contribution in [3.05, 3.63) is 35.9 Å². The van der Waals surface area contributed by atoms with Crippen molar-refractivity contribution in [2.75, 3.05) is 20.0 Å². The van der Waals surface area contributed by atoms with Gasteiger partial charge in [0.05, 0.1) is 6.16 Å². The van der Waals surface area contributed by atoms with Gasteiger partial charge in [0.25, 0.3) is 0 Å². The van der Waals surface area contributed by atoms with E-state index < -0.39 is 7.26 Å². The lowest BCUT2D eigenvalue weighted by Gasteiger charge is -2.10. The van der Waals surface area contributed by atoms with Gasteiger partial charge in [0, 0.05) is 27.3 Å². The zero-order valence-electron chi connectivity index (χ0n) is 7.99. The van der Waals surface area contributed by atoms with Crippen LogP contribution in [0.2, 0.25) is 0 Å². The zero-order valence-corrected chi connectivity index (χ0v) is 8.88. The molecule has 1 aromatic rings. The van der Waals surface area contributed by atoms with Gasteiger partial charge in [-0.1, -0.05) is 30.3 Å². The van der Waals surface area contributed by atoms with Crippen LogP contribution < -0.4 is 0 Å². The fourth-order valence-corrected chi connectivity index (χ4v) is 2.44. The Labute approximate surface area is 75.5 Å². The number of hydrogen-bond donors (Lipinski definition) is 0. The predicted molar refractivity (Wildman–Crippen MR) is 56.8 cm³/mol. The van der Waals surface area contributed by atoms with Gasteiger partial charge in [0.2, 0.25) is 0 Å². The molecule has 0 bridgehead atoms. The Balaban J connectivity index is 0.00000121. The van der Waals surface area contributed by atoms with Crippen molar-refractivity contribution in [1.29, 1.82) is 0 Å². The van der Waals surface area contributed by atoms with E-state index in [0.29, 0.717) is 0 Å². The fraction of sp³-hybridized carbons (Fsp3) is 0.400. The molecule has 68 valence electrons. The molecule has 12 heavy (non-hydrogen) atoms. The lowest BCUT2D eigenvalue weighted by molar-refractivity contribution is 0.824. The minimum atomic E-state index is -0.638. The number of rotatable bonds is 2. The first kappa shape index (κ1) is 11.6. The maximum absolute atomic E-state index is 2.38. The molecule has 0 spiro atoms. The van der Waals surface area contributed by atoms with Crippen molar-refractivity contribution < 1.29 is 5.48 Å². The number of hydrogen-bond acceptors (Lipinski definition) is 1. The van der Waals surface area contributed by atoms with Gasteiger partial charge >= 0.3 is 0 Å². The summed E-state index contributed by atoms with van der Waals surface area (Å²) in [5.41, 5.74) is 1.48. The predicted octanol–water partition coefficient (Wildman–Crippen LogP) is 2.92. The van der Waals surface area contributed by atoms with E-state index in [1.807, 2.05) is 0 Å². The largest absolute Gasteiger partial charge is 0.870 e. The Bertz CT molecular complexity index is 213. The van der Waals surface area contributed by atoms with Crippen LogP contribution in [0.4, 0.5) is 0 Å². The third kappa shape index (κ3) is 4.48. The normalized spacial score (nSPS) is 10.6. The average Bonchev–Trinajstić information content (AvgIpc) is 1.85. The van der Waals surface area contributed by atoms with Crippen molar-refractivity contribution >= 4 is 7.26 Å². The summed E-state index contributed by atoms with van der Waals surface area (Å²) < 4.78 is 0. The Kier molecular flexibility index (Phi) is 4.44. The van der Waals surface area contributed by atoms with E-state index in [1.54, 1.807) is 0 Å². The van der Waals surface area contributed by atoms with E-state index in [2.05, 4.69) is 50.3 Å². The molecule has 0 radical (unpaired) electrons. The van der Waals surface area contributed by atoms with Crippen LogP contribution in [0, 0.1) is 0 Å². The molecule has 1 aromatic carbocycles. The maximum atomic E-state index is 2.38. The molecule has 2 heteroatoms. The monoisotopic (exact) mass is 184 g/mol. The van der Waals surface area contributed by atoms with Crippen LogP contribution in [0.5, 0.6) is 0 Å². The van der Waals surface area contributed by atoms with Crippen molar-refractivity contribution in [2.24, 2.45) is 0 Å². The first-order chi connectivity index (χ1) is 5.08. The highest BCUT2D eigenvalue weighted by atomic mass is 31.2. The van der Waals surface area contributed by atoms with Gasteiger partial charge in [-0.3, -0.25) is 0 Å². The third-order valence-electron chi connectivity index (χ3n) is 1.50. The van der Waals surface area contributed by atoms with Crippen LogP contribution in [0.25, 0.3) is 0 Å². The van der Waals surface area contributed by atoms with Crippen LogP contribution in [-0.4, -0.2) is 25.5 Å². The quantitative estimate of drug-likeness (QED) is 0.650. The highest BCUT2D eigenvalue weighted by Crippen LogP contribution is 2.49. The molecular weight excluding hydrogens is 167 g/mol. The molecular formula is C10H17OP. The van der Waals surface area contributed by atoms with Gasteiger partial charge in [0.15, 0.2) is 0 Å². The summed E-state index contributed by atoms with van der Waals surface area (Å²) in [7, 11) is -0.638. The Morgan fingerprint density at radius 1 is 1.00 bits per heavy atom. The molecule has 1 nitrogen and oxygen atoms in total. The van der Waals surface area contributed by atoms with Crippen LogP contribution >= 0.6 is 7.26 Å². The van der Waals surface area contributed by atoms with Gasteiger partial charge in [-0.25, -0.2) is 0 Å². The number of benzene rings is 1. The molecule has 0 aliphatic heterocycles. The lowest BCUT2D eigenvalue weighted by atomic mass is 10.2. The fourth-order valence-electron chi connectivity index (χ4n) is 1.13. The van der Waals surface area contributed by atoms with Crippen molar-refractivity contribution in [3.8, 4) is 0 Å². The summed E-state index contributed by atoms with van der Waals surface area (Å²) in [4.78, 5) is 0. The minimum absolute atomic E-state index is 0. The average molecular weight is 184 g/mol. The van der Waals surface area contributed by atoms with E-state index >= 15 is 0 Å². The Morgan fingerprint density at radius 2 is 1.50 bits per heavy atom. The Morgan fingerprint density at radius 3 is 1.92 bits per heavy atom. The molecule has 0 atom stereocenters. The van der Waals surface area contributed by atoms with Gasteiger partial charge in [-0.15, -0.1) is 0 Å². The first-order valence-corrected chi connectivity index (χ1v) is 7.24. The summed E-state index contributed by atoms with van der Waals surface area (Å²) in [6, 6.07) is 10.7. The molecule has 0 saturated heterocycles. The van der Waals surface area contributed by atoms with Crippen LogP contribution in [0.3, 0.4) is 0 Å². The SMILES string of the molecule is C[P+](C)(C)Cc1ccccc1.[OH-]. The molecule has 0 saturated carbocycles. The molecule has 0 fully saturated rings. The lowest BCUT2D eigenvalue weighted by Crippen LogP contribution is -1.90. The minimum Gasteiger partial charge on any atom is -0.870 e. The highest BCUT2D eigenvalue weighted by Gasteiger charge is 2.16. The zero-order chi connectivity index (χ0) is 8.32. The van der Waals surface area contributed by atoms with Crippen molar-refractivity contribution in [1.82, 2.24) is 0 Å². The maximum Gasteiger partial charge on any atom is 0.0834 e. The molecule has 0 aliphatic rings. The molecule has 0 amide bonds. The summed E-state index contributed by atoms with van der Waals surface area (Å²) in [6.45, 7) is 7.12. The van der Waals surface area contributed by atoms with E-state index in [9.17, 15) is 0 Å². The topological polar surface area (TPSA) is 30.0 Å². The Hall–Kier alpha value is -0.390. The van der Waals surface area contributed by atoms with Crippen LogP contribution in [0.1, 0.15) is 5.56 Å². The van der Waals surface area contributed by atoms with Crippen molar-refractivity contribution in [3.63, 3.8) is 0 Å². The van der Waals surface area contributed by atoms with Gasteiger partial charge in [-0.2, -0.15) is 0 Å². The molecule has 0 aromatic heterocycles. The summed E-state index contributed by atoms with van der Waals surface area (Å²) in [6.07, 6.45) is 1.27. The molecule has 1 rings (SSSR count). The van der Waals surface area contributed by atoms with E-state index in [0.717, 1.165) is 0 Å². The molecule has 0 heterocycles.